The lowest BCUT2D eigenvalue weighted by Crippen LogP contribution is -2.47. The topological polar surface area (TPSA) is 69.6 Å². The largest absolute Gasteiger partial charge is 0.480 e. The first kappa shape index (κ1) is 17.9. The van der Waals surface area contributed by atoms with Crippen molar-refractivity contribution in [3.05, 3.63) is 60.2 Å². The first-order valence-corrected chi connectivity index (χ1v) is 8.68. The van der Waals surface area contributed by atoms with Crippen molar-refractivity contribution in [3.63, 3.8) is 0 Å². The van der Waals surface area contributed by atoms with Gasteiger partial charge in [0.1, 0.15) is 6.04 Å². The number of thioether (sulfide) groups is 1. The number of aliphatic carboxylic acids is 1. The Morgan fingerprint density at radius 1 is 1.12 bits per heavy atom. The molecule has 126 valence electrons. The standard InChI is InChI=1S/C18H20N2O3S/c1-20(14-8-10-15(24-2)11-9-14)18(23)19-16(17(21)22)12-13-6-4-3-5-7-13/h3-11,16H,12H2,1-2H3,(H,19,23)(H,21,22). The van der Waals surface area contributed by atoms with Crippen molar-refractivity contribution >= 4 is 29.4 Å². The number of carboxylic acid groups (broad SMARTS) is 1. The Bertz CT molecular complexity index is 689. The van der Waals surface area contributed by atoms with Gasteiger partial charge in [-0.1, -0.05) is 30.3 Å². The minimum atomic E-state index is -1.06. The van der Waals surface area contributed by atoms with Gasteiger partial charge in [0.05, 0.1) is 0 Å². The molecule has 2 aromatic rings. The van der Waals surface area contributed by atoms with Gasteiger partial charge in [0.2, 0.25) is 0 Å². The molecule has 2 amide bonds. The normalized spacial score (nSPS) is 11.6. The van der Waals surface area contributed by atoms with Crippen LogP contribution in [-0.2, 0) is 11.2 Å². The highest BCUT2D eigenvalue weighted by Gasteiger charge is 2.22. The second kappa shape index (κ2) is 8.40. The average molecular weight is 344 g/mol. The van der Waals surface area contributed by atoms with Crippen LogP contribution in [0.15, 0.2) is 59.5 Å². The van der Waals surface area contributed by atoms with Crippen LogP contribution in [0.25, 0.3) is 0 Å². The molecule has 5 nitrogen and oxygen atoms in total. The fourth-order valence-corrected chi connectivity index (χ4v) is 2.63. The lowest BCUT2D eigenvalue weighted by atomic mass is 10.1. The van der Waals surface area contributed by atoms with E-state index in [0.717, 1.165) is 10.5 Å². The van der Waals surface area contributed by atoms with E-state index in [1.807, 2.05) is 60.9 Å². The van der Waals surface area contributed by atoms with Gasteiger partial charge in [-0.3, -0.25) is 4.90 Å². The molecule has 2 rings (SSSR count). The lowest BCUT2D eigenvalue weighted by molar-refractivity contribution is -0.139. The molecule has 2 N–H and O–H groups in total. The molecule has 1 unspecified atom stereocenters. The molecule has 0 spiro atoms. The number of urea groups is 1. The van der Waals surface area contributed by atoms with Crippen molar-refractivity contribution < 1.29 is 14.7 Å². The van der Waals surface area contributed by atoms with E-state index in [1.54, 1.807) is 18.8 Å². The highest BCUT2D eigenvalue weighted by Crippen LogP contribution is 2.19. The summed E-state index contributed by atoms with van der Waals surface area (Å²) in [7, 11) is 1.62. The molecular weight excluding hydrogens is 324 g/mol. The first-order chi connectivity index (χ1) is 11.5. The molecular formula is C18H20N2O3S. The van der Waals surface area contributed by atoms with E-state index in [4.69, 9.17) is 0 Å². The van der Waals surface area contributed by atoms with Gasteiger partial charge in [0.15, 0.2) is 0 Å². The quantitative estimate of drug-likeness (QED) is 0.789. The third-order valence-electron chi connectivity index (χ3n) is 3.64. The van der Waals surface area contributed by atoms with E-state index in [2.05, 4.69) is 5.32 Å². The Kier molecular flexibility index (Phi) is 6.26. The Morgan fingerprint density at radius 3 is 2.29 bits per heavy atom. The zero-order valence-corrected chi connectivity index (χ0v) is 14.4. The van der Waals surface area contributed by atoms with E-state index in [0.29, 0.717) is 5.69 Å². The number of amides is 2. The van der Waals surface area contributed by atoms with E-state index in [-0.39, 0.29) is 6.42 Å². The predicted octanol–water partition coefficient (Wildman–Crippen LogP) is 3.25. The molecule has 0 aliphatic rings. The summed E-state index contributed by atoms with van der Waals surface area (Å²) >= 11 is 1.62. The van der Waals surface area contributed by atoms with Crippen molar-refractivity contribution in [3.8, 4) is 0 Å². The zero-order valence-electron chi connectivity index (χ0n) is 13.6. The molecule has 24 heavy (non-hydrogen) atoms. The van der Waals surface area contributed by atoms with Gasteiger partial charge in [-0.05, 0) is 36.1 Å². The Morgan fingerprint density at radius 2 is 1.75 bits per heavy atom. The van der Waals surface area contributed by atoms with E-state index in [9.17, 15) is 14.7 Å². The molecule has 0 heterocycles. The van der Waals surface area contributed by atoms with Gasteiger partial charge in [0.25, 0.3) is 0 Å². The summed E-state index contributed by atoms with van der Waals surface area (Å²) in [5.74, 6) is -1.06. The third-order valence-corrected chi connectivity index (χ3v) is 4.39. The Balaban J connectivity index is 2.04. The van der Waals surface area contributed by atoms with Crippen LogP contribution in [0.3, 0.4) is 0 Å². The van der Waals surface area contributed by atoms with E-state index < -0.39 is 18.0 Å². The number of hydrogen-bond donors (Lipinski definition) is 2. The lowest BCUT2D eigenvalue weighted by Gasteiger charge is -2.21. The molecule has 0 aliphatic heterocycles. The van der Waals surface area contributed by atoms with Gasteiger partial charge in [-0.25, -0.2) is 9.59 Å². The van der Waals surface area contributed by atoms with Crippen molar-refractivity contribution in [1.29, 1.82) is 0 Å². The van der Waals surface area contributed by atoms with Crippen LogP contribution >= 0.6 is 11.8 Å². The van der Waals surface area contributed by atoms with Crippen molar-refractivity contribution in [2.75, 3.05) is 18.2 Å². The molecule has 0 bridgehead atoms. The summed E-state index contributed by atoms with van der Waals surface area (Å²) in [6, 6.07) is 15.3. The molecule has 0 aromatic heterocycles. The molecule has 0 radical (unpaired) electrons. The second-order valence-electron chi connectivity index (χ2n) is 5.29. The summed E-state index contributed by atoms with van der Waals surface area (Å²) in [5, 5.41) is 11.9. The van der Waals surface area contributed by atoms with E-state index >= 15 is 0 Å². The number of carbonyl (C=O) groups is 2. The van der Waals surface area contributed by atoms with Gasteiger partial charge in [-0.2, -0.15) is 0 Å². The molecule has 2 aromatic carbocycles. The van der Waals surface area contributed by atoms with Crippen molar-refractivity contribution in [1.82, 2.24) is 5.32 Å². The van der Waals surface area contributed by atoms with Crippen molar-refractivity contribution in [2.24, 2.45) is 0 Å². The number of hydrogen-bond acceptors (Lipinski definition) is 3. The summed E-state index contributed by atoms with van der Waals surface area (Å²) in [6.45, 7) is 0. The van der Waals surface area contributed by atoms with Crippen molar-refractivity contribution in [2.45, 2.75) is 17.4 Å². The van der Waals surface area contributed by atoms with Crippen LogP contribution in [0, 0.1) is 0 Å². The maximum absolute atomic E-state index is 12.3. The van der Waals surface area contributed by atoms with Gasteiger partial charge in [-0.15, -0.1) is 11.8 Å². The Labute approximate surface area is 145 Å². The number of carboxylic acids is 1. The number of carbonyl (C=O) groups excluding carboxylic acids is 1. The highest BCUT2D eigenvalue weighted by molar-refractivity contribution is 7.98. The maximum atomic E-state index is 12.3. The smallest absolute Gasteiger partial charge is 0.326 e. The molecule has 0 saturated carbocycles. The number of nitrogens with zero attached hydrogens (tertiary/aromatic N) is 1. The fraction of sp³-hybridized carbons (Fsp3) is 0.222. The van der Waals surface area contributed by atoms with Crippen LogP contribution < -0.4 is 10.2 Å². The summed E-state index contributed by atoms with van der Waals surface area (Å²) in [4.78, 5) is 26.3. The maximum Gasteiger partial charge on any atom is 0.326 e. The SMILES string of the molecule is CSc1ccc(N(C)C(=O)NC(Cc2ccccc2)C(=O)O)cc1. The average Bonchev–Trinajstić information content (AvgIpc) is 2.61. The van der Waals surface area contributed by atoms with E-state index in [1.165, 1.54) is 4.90 Å². The summed E-state index contributed by atoms with van der Waals surface area (Å²) in [5.41, 5.74) is 1.56. The van der Waals surface area contributed by atoms with Crippen LogP contribution in [0.1, 0.15) is 5.56 Å². The third kappa shape index (κ3) is 4.76. The Hall–Kier alpha value is -2.47. The second-order valence-corrected chi connectivity index (χ2v) is 6.17. The van der Waals surface area contributed by atoms with Gasteiger partial charge in [0, 0.05) is 24.1 Å². The molecule has 0 aliphatic carbocycles. The highest BCUT2D eigenvalue weighted by atomic mass is 32.2. The molecule has 0 fully saturated rings. The van der Waals surface area contributed by atoms with Gasteiger partial charge < -0.3 is 10.4 Å². The predicted molar refractivity (Wildman–Crippen MR) is 96.7 cm³/mol. The number of anilines is 1. The molecule has 6 heteroatoms. The minimum Gasteiger partial charge on any atom is -0.480 e. The number of rotatable bonds is 6. The number of benzene rings is 2. The van der Waals surface area contributed by atoms with Crippen LogP contribution in [-0.4, -0.2) is 36.5 Å². The first-order valence-electron chi connectivity index (χ1n) is 7.46. The summed E-state index contributed by atoms with van der Waals surface area (Å²) in [6.07, 6.45) is 2.22. The zero-order chi connectivity index (χ0) is 17.5. The molecule has 1 atom stereocenters. The number of nitrogens with one attached hydrogen (secondary N) is 1. The van der Waals surface area contributed by atoms with Crippen LogP contribution in [0.5, 0.6) is 0 Å². The fourth-order valence-electron chi connectivity index (χ4n) is 2.22. The minimum absolute atomic E-state index is 0.237. The molecule has 0 saturated heterocycles. The van der Waals surface area contributed by atoms with Crippen LogP contribution in [0.2, 0.25) is 0 Å². The summed E-state index contributed by atoms with van der Waals surface area (Å²) < 4.78 is 0. The van der Waals surface area contributed by atoms with Gasteiger partial charge >= 0.3 is 12.0 Å². The monoisotopic (exact) mass is 344 g/mol. The van der Waals surface area contributed by atoms with Crippen LogP contribution in [0.4, 0.5) is 10.5 Å².